The molecule has 0 aliphatic carbocycles. The molecule has 5 nitrogen and oxygen atoms in total. The number of alkyl halides is 1. The van der Waals surface area contributed by atoms with E-state index in [0.717, 1.165) is 24.0 Å². The topological polar surface area (TPSA) is 59.8 Å². The molecule has 0 unspecified atom stereocenters. The molecule has 0 radical (unpaired) electrons. The minimum Gasteiger partial charge on any atom is -0.323 e. The molecule has 0 saturated carbocycles. The van der Waals surface area contributed by atoms with Crippen LogP contribution < -0.4 is 5.32 Å². The number of pyridine rings is 1. The van der Waals surface area contributed by atoms with E-state index in [-0.39, 0.29) is 5.91 Å². The van der Waals surface area contributed by atoms with Crippen LogP contribution in [0.15, 0.2) is 30.7 Å². The van der Waals surface area contributed by atoms with E-state index in [0.29, 0.717) is 17.9 Å². The Kier molecular flexibility index (Phi) is 5.29. The molecule has 2 heterocycles. The van der Waals surface area contributed by atoms with Crippen molar-refractivity contribution in [1.82, 2.24) is 14.5 Å². The van der Waals surface area contributed by atoms with Crippen molar-refractivity contribution in [3.63, 3.8) is 0 Å². The number of unbranched alkanes of at least 4 members (excludes halogenated alkanes) is 1. The maximum Gasteiger partial charge on any atom is 0.224 e. The summed E-state index contributed by atoms with van der Waals surface area (Å²) in [6.45, 7) is 1.90. The van der Waals surface area contributed by atoms with Gasteiger partial charge in [-0.1, -0.05) is 15.9 Å². The summed E-state index contributed by atoms with van der Waals surface area (Å²) in [6.07, 6.45) is 7.63. The Hall–Kier alpha value is -1.69. The zero-order valence-electron chi connectivity index (χ0n) is 11.3. The zero-order chi connectivity index (χ0) is 14.4. The van der Waals surface area contributed by atoms with Gasteiger partial charge in [0.15, 0.2) is 5.82 Å². The predicted octanol–water partition coefficient (Wildman–Crippen LogP) is 3.08. The van der Waals surface area contributed by atoms with E-state index >= 15 is 0 Å². The highest BCUT2D eigenvalue weighted by Gasteiger charge is 2.10. The molecular weight excluding hydrogens is 320 g/mol. The average molecular weight is 337 g/mol. The predicted molar refractivity (Wildman–Crippen MR) is 82.4 cm³/mol. The van der Waals surface area contributed by atoms with Gasteiger partial charge in [0.25, 0.3) is 0 Å². The molecule has 20 heavy (non-hydrogen) atoms. The molecule has 0 saturated heterocycles. The highest BCUT2D eigenvalue weighted by molar-refractivity contribution is 9.09. The van der Waals surface area contributed by atoms with Crippen molar-refractivity contribution in [3.8, 4) is 5.82 Å². The fraction of sp³-hybridized carbons (Fsp3) is 0.357. The molecule has 6 heteroatoms. The first-order valence-corrected chi connectivity index (χ1v) is 7.65. The minimum atomic E-state index is 0.0120. The van der Waals surface area contributed by atoms with Crippen LogP contribution in [0.4, 0.5) is 5.69 Å². The summed E-state index contributed by atoms with van der Waals surface area (Å²) >= 11 is 3.36. The molecule has 2 rings (SSSR count). The first-order valence-electron chi connectivity index (χ1n) is 6.53. The number of carbonyl (C=O) groups is 1. The maximum atomic E-state index is 11.9. The molecule has 0 spiro atoms. The lowest BCUT2D eigenvalue weighted by Crippen LogP contribution is -2.14. The third kappa shape index (κ3) is 3.66. The summed E-state index contributed by atoms with van der Waals surface area (Å²) in [4.78, 5) is 20.4. The summed E-state index contributed by atoms with van der Waals surface area (Å²) in [5.41, 5.74) is 0.706. The zero-order valence-corrected chi connectivity index (χ0v) is 12.9. The molecule has 1 amide bonds. The van der Waals surface area contributed by atoms with E-state index in [1.54, 1.807) is 12.4 Å². The van der Waals surface area contributed by atoms with Crippen molar-refractivity contribution in [2.24, 2.45) is 0 Å². The number of anilines is 1. The van der Waals surface area contributed by atoms with Gasteiger partial charge in [-0.05, 0) is 31.9 Å². The summed E-state index contributed by atoms with van der Waals surface area (Å²) in [7, 11) is 0. The molecule has 0 atom stereocenters. The van der Waals surface area contributed by atoms with E-state index in [9.17, 15) is 4.79 Å². The Morgan fingerprint density at radius 1 is 1.35 bits per heavy atom. The highest BCUT2D eigenvalue weighted by Crippen LogP contribution is 2.18. The average Bonchev–Trinajstić information content (AvgIpc) is 2.86. The number of amides is 1. The Morgan fingerprint density at radius 2 is 2.20 bits per heavy atom. The third-order valence-electron chi connectivity index (χ3n) is 2.90. The van der Waals surface area contributed by atoms with Gasteiger partial charge >= 0.3 is 0 Å². The van der Waals surface area contributed by atoms with Crippen molar-refractivity contribution in [3.05, 3.63) is 36.5 Å². The molecule has 2 aromatic heterocycles. The van der Waals surface area contributed by atoms with Crippen LogP contribution in [-0.4, -0.2) is 25.8 Å². The van der Waals surface area contributed by atoms with Crippen molar-refractivity contribution in [2.75, 3.05) is 10.6 Å². The van der Waals surface area contributed by atoms with Crippen LogP contribution in [0, 0.1) is 6.92 Å². The van der Waals surface area contributed by atoms with Crippen LogP contribution in [0.5, 0.6) is 0 Å². The van der Waals surface area contributed by atoms with E-state index in [4.69, 9.17) is 0 Å². The van der Waals surface area contributed by atoms with E-state index in [1.807, 2.05) is 29.8 Å². The summed E-state index contributed by atoms with van der Waals surface area (Å²) < 4.78 is 1.86. The van der Waals surface area contributed by atoms with Crippen LogP contribution in [0.1, 0.15) is 25.1 Å². The molecule has 0 fully saturated rings. The first-order chi connectivity index (χ1) is 9.72. The number of aryl methyl sites for hydroxylation is 1. The van der Waals surface area contributed by atoms with E-state index in [1.165, 1.54) is 0 Å². The molecule has 106 valence electrons. The molecular formula is C14H17BrN4O. The van der Waals surface area contributed by atoms with E-state index in [2.05, 4.69) is 31.2 Å². The van der Waals surface area contributed by atoms with Crippen molar-refractivity contribution in [2.45, 2.75) is 26.2 Å². The van der Waals surface area contributed by atoms with E-state index < -0.39 is 0 Å². The smallest absolute Gasteiger partial charge is 0.224 e. The van der Waals surface area contributed by atoms with Gasteiger partial charge < -0.3 is 5.32 Å². The Morgan fingerprint density at radius 3 is 2.90 bits per heavy atom. The lowest BCUT2D eigenvalue weighted by molar-refractivity contribution is -0.116. The summed E-state index contributed by atoms with van der Waals surface area (Å²) in [5, 5.41) is 3.84. The molecule has 2 aromatic rings. The molecule has 0 aromatic carbocycles. The number of carbonyl (C=O) groups excluding carboxylic acids is 1. The molecule has 0 aliphatic heterocycles. The second-order valence-electron chi connectivity index (χ2n) is 4.41. The fourth-order valence-corrected chi connectivity index (χ4v) is 2.28. The first kappa shape index (κ1) is 14.7. The Bertz CT molecular complexity index is 582. The van der Waals surface area contributed by atoms with Gasteiger partial charge in [-0.15, -0.1) is 0 Å². The summed E-state index contributed by atoms with van der Waals surface area (Å²) in [6, 6.07) is 3.66. The van der Waals surface area contributed by atoms with Crippen molar-refractivity contribution >= 4 is 27.5 Å². The van der Waals surface area contributed by atoms with Gasteiger partial charge in [-0.3, -0.25) is 9.36 Å². The second kappa shape index (κ2) is 7.19. The lowest BCUT2D eigenvalue weighted by atomic mass is 10.2. The van der Waals surface area contributed by atoms with Gasteiger partial charge in [0, 0.05) is 30.3 Å². The van der Waals surface area contributed by atoms with Crippen molar-refractivity contribution < 1.29 is 4.79 Å². The van der Waals surface area contributed by atoms with Crippen LogP contribution in [0.2, 0.25) is 0 Å². The van der Waals surface area contributed by atoms with Crippen LogP contribution in [0.25, 0.3) is 5.82 Å². The molecule has 0 aliphatic rings. The molecule has 1 N–H and O–H groups in total. The van der Waals surface area contributed by atoms with Gasteiger partial charge in [-0.25, -0.2) is 9.97 Å². The van der Waals surface area contributed by atoms with Gasteiger partial charge in [0.2, 0.25) is 5.91 Å². The third-order valence-corrected chi connectivity index (χ3v) is 3.46. The number of hydrogen-bond donors (Lipinski definition) is 1. The van der Waals surface area contributed by atoms with Crippen LogP contribution >= 0.6 is 15.9 Å². The minimum absolute atomic E-state index is 0.0120. The Balaban J connectivity index is 2.13. The monoisotopic (exact) mass is 336 g/mol. The number of halogens is 1. The number of nitrogens with zero attached hydrogens (tertiary/aromatic N) is 3. The number of aromatic nitrogens is 3. The molecule has 0 bridgehead atoms. The number of nitrogens with one attached hydrogen (secondary N) is 1. The largest absolute Gasteiger partial charge is 0.323 e. The normalized spacial score (nSPS) is 10.5. The fourth-order valence-electron chi connectivity index (χ4n) is 1.88. The van der Waals surface area contributed by atoms with Crippen LogP contribution in [0.3, 0.4) is 0 Å². The standard InChI is InChI=1S/C14H17BrN4O/c1-11-16-9-10-19(11)14-12(5-4-8-17-14)18-13(20)6-2-3-7-15/h4-5,8-10H,2-3,6-7H2,1H3,(H,18,20). The number of imidazole rings is 1. The highest BCUT2D eigenvalue weighted by atomic mass is 79.9. The van der Waals surface area contributed by atoms with Gasteiger partial charge in [-0.2, -0.15) is 0 Å². The lowest BCUT2D eigenvalue weighted by Gasteiger charge is -2.11. The van der Waals surface area contributed by atoms with Gasteiger partial charge in [0.1, 0.15) is 5.82 Å². The number of rotatable bonds is 6. The Labute approximate surface area is 126 Å². The summed E-state index contributed by atoms with van der Waals surface area (Å²) in [5.74, 6) is 1.53. The van der Waals surface area contributed by atoms with Crippen molar-refractivity contribution in [1.29, 1.82) is 0 Å². The number of hydrogen-bond acceptors (Lipinski definition) is 3. The second-order valence-corrected chi connectivity index (χ2v) is 5.21. The maximum absolute atomic E-state index is 11.9. The van der Waals surface area contributed by atoms with Gasteiger partial charge in [0.05, 0.1) is 5.69 Å². The SMILES string of the molecule is Cc1nccn1-c1ncccc1NC(=O)CCCCBr. The quantitative estimate of drug-likeness (QED) is 0.651. The van der Waals surface area contributed by atoms with Crippen LogP contribution in [-0.2, 0) is 4.79 Å².